The molecule has 0 saturated heterocycles. The van der Waals surface area contributed by atoms with Gasteiger partial charge in [-0.2, -0.15) is 0 Å². The Kier molecular flexibility index (Phi) is 3.74. The normalized spacial score (nSPS) is 13.8. The maximum atomic E-state index is 5.31. The summed E-state index contributed by atoms with van der Waals surface area (Å²) in [6, 6.07) is 12.7. The van der Waals surface area contributed by atoms with E-state index in [1.165, 1.54) is 22.4 Å². The van der Waals surface area contributed by atoms with Crippen molar-refractivity contribution >= 4 is 5.69 Å². The number of rotatable bonds is 3. The van der Waals surface area contributed by atoms with Crippen molar-refractivity contribution in [2.45, 2.75) is 19.9 Å². The van der Waals surface area contributed by atoms with Gasteiger partial charge in [-0.05, 0) is 60.4 Å². The van der Waals surface area contributed by atoms with Crippen LogP contribution in [0.1, 0.15) is 16.7 Å². The first kappa shape index (κ1) is 13.8. The molecule has 110 valence electrons. The maximum absolute atomic E-state index is 5.31. The lowest BCUT2D eigenvalue weighted by Gasteiger charge is -2.32. The summed E-state index contributed by atoms with van der Waals surface area (Å²) >= 11 is 0. The molecule has 1 aliphatic heterocycles. The molecule has 0 N–H and O–H groups in total. The molecule has 1 aliphatic rings. The molecule has 0 unspecified atom stereocenters. The number of benzene rings is 2. The third-order valence-corrected chi connectivity index (χ3v) is 4.17. The molecule has 0 fully saturated rings. The van der Waals surface area contributed by atoms with E-state index in [2.05, 4.69) is 36.1 Å². The van der Waals surface area contributed by atoms with Gasteiger partial charge < -0.3 is 14.4 Å². The predicted octanol–water partition coefficient (Wildman–Crippen LogP) is 3.57. The molecule has 0 spiro atoms. The number of methoxy groups -OCH3 is 2. The minimum atomic E-state index is 0.915. The Labute approximate surface area is 126 Å². The standard InChI is InChI=1S/C18H21NO2/c1-13-10-16(20-2)6-7-18(13)19-9-8-14-11-17(21-3)5-4-15(14)12-19/h4-7,10-11H,8-9,12H2,1-3H3. The van der Waals surface area contributed by atoms with E-state index in [0.717, 1.165) is 31.0 Å². The van der Waals surface area contributed by atoms with Crippen molar-refractivity contribution < 1.29 is 9.47 Å². The molecule has 3 rings (SSSR count). The van der Waals surface area contributed by atoms with Gasteiger partial charge in [-0.15, -0.1) is 0 Å². The van der Waals surface area contributed by atoms with Gasteiger partial charge in [-0.25, -0.2) is 0 Å². The summed E-state index contributed by atoms with van der Waals surface area (Å²) in [5.41, 5.74) is 5.33. The number of nitrogens with zero attached hydrogens (tertiary/aromatic N) is 1. The lowest BCUT2D eigenvalue weighted by atomic mass is 9.98. The van der Waals surface area contributed by atoms with Gasteiger partial charge in [0.2, 0.25) is 0 Å². The zero-order valence-electron chi connectivity index (χ0n) is 12.8. The second kappa shape index (κ2) is 5.68. The van der Waals surface area contributed by atoms with Gasteiger partial charge in [-0.1, -0.05) is 6.07 Å². The fourth-order valence-corrected chi connectivity index (χ4v) is 2.97. The molecular formula is C18H21NO2. The van der Waals surface area contributed by atoms with Crippen molar-refractivity contribution in [2.75, 3.05) is 25.7 Å². The van der Waals surface area contributed by atoms with Crippen LogP contribution in [0.4, 0.5) is 5.69 Å². The van der Waals surface area contributed by atoms with Crippen LogP contribution in [-0.4, -0.2) is 20.8 Å². The van der Waals surface area contributed by atoms with Crippen molar-refractivity contribution in [3.05, 3.63) is 53.1 Å². The van der Waals surface area contributed by atoms with Crippen LogP contribution in [0.2, 0.25) is 0 Å². The van der Waals surface area contributed by atoms with Crippen LogP contribution in [0, 0.1) is 6.92 Å². The number of anilines is 1. The highest BCUT2D eigenvalue weighted by molar-refractivity contribution is 5.57. The maximum Gasteiger partial charge on any atom is 0.119 e. The first-order valence-corrected chi connectivity index (χ1v) is 7.26. The largest absolute Gasteiger partial charge is 0.497 e. The molecule has 0 aliphatic carbocycles. The third-order valence-electron chi connectivity index (χ3n) is 4.17. The fraction of sp³-hybridized carbons (Fsp3) is 0.333. The molecule has 0 bridgehead atoms. The lowest BCUT2D eigenvalue weighted by Crippen LogP contribution is -2.30. The van der Waals surface area contributed by atoms with Crippen LogP contribution in [0.25, 0.3) is 0 Å². The number of aryl methyl sites for hydroxylation is 1. The van der Waals surface area contributed by atoms with Gasteiger partial charge in [0.05, 0.1) is 14.2 Å². The SMILES string of the molecule is COc1ccc(N2CCc3cc(OC)ccc3C2)c(C)c1. The first-order valence-electron chi connectivity index (χ1n) is 7.26. The molecule has 0 saturated carbocycles. The van der Waals surface area contributed by atoms with E-state index in [-0.39, 0.29) is 0 Å². The second-order valence-corrected chi connectivity index (χ2v) is 5.46. The minimum Gasteiger partial charge on any atom is -0.497 e. The van der Waals surface area contributed by atoms with E-state index in [0.29, 0.717) is 0 Å². The van der Waals surface area contributed by atoms with Crippen molar-refractivity contribution in [3.63, 3.8) is 0 Å². The van der Waals surface area contributed by atoms with E-state index < -0.39 is 0 Å². The smallest absolute Gasteiger partial charge is 0.119 e. The summed E-state index contributed by atoms with van der Waals surface area (Å²) in [4.78, 5) is 2.43. The van der Waals surface area contributed by atoms with E-state index in [4.69, 9.17) is 9.47 Å². The summed E-state index contributed by atoms with van der Waals surface area (Å²) < 4.78 is 10.6. The molecule has 21 heavy (non-hydrogen) atoms. The number of fused-ring (bicyclic) bond motifs is 1. The minimum absolute atomic E-state index is 0.915. The molecule has 2 aromatic rings. The Morgan fingerprint density at radius 3 is 2.33 bits per heavy atom. The van der Waals surface area contributed by atoms with Crippen molar-refractivity contribution in [1.82, 2.24) is 0 Å². The van der Waals surface area contributed by atoms with E-state index in [1.54, 1.807) is 14.2 Å². The van der Waals surface area contributed by atoms with E-state index >= 15 is 0 Å². The molecule has 0 aromatic heterocycles. The van der Waals surface area contributed by atoms with Crippen molar-refractivity contribution in [3.8, 4) is 11.5 Å². The van der Waals surface area contributed by atoms with Crippen molar-refractivity contribution in [1.29, 1.82) is 0 Å². The van der Waals surface area contributed by atoms with Crippen molar-refractivity contribution in [2.24, 2.45) is 0 Å². The Morgan fingerprint density at radius 2 is 1.62 bits per heavy atom. The Morgan fingerprint density at radius 1 is 0.905 bits per heavy atom. The van der Waals surface area contributed by atoms with Crippen LogP contribution in [0.3, 0.4) is 0 Å². The van der Waals surface area contributed by atoms with Crippen LogP contribution in [-0.2, 0) is 13.0 Å². The monoisotopic (exact) mass is 283 g/mol. The second-order valence-electron chi connectivity index (χ2n) is 5.46. The molecule has 3 nitrogen and oxygen atoms in total. The molecule has 1 heterocycles. The van der Waals surface area contributed by atoms with Gasteiger partial charge in [0.1, 0.15) is 11.5 Å². The van der Waals surface area contributed by atoms with Crippen LogP contribution in [0.15, 0.2) is 36.4 Å². The lowest BCUT2D eigenvalue weighted by molar-refractivity contribution is 0.413. The molecule has 2 aromatic carbocycles. The molecule has 0 radical (unpaired) electrons. The molecule has 0 atom stereocenters. The van der Waals surface area contributed by atoms with Gasteiger partial charge in [0.15, 0.2) is 0 Å². The predicted molar refractivity (Wildman–Crippen MR) is 85.5 cm³/mol. The summed E-state index contributed by atoms with van der Waals surface area (Å²) in [5, 5.41) is 0. The summed E-state index contributed by atoms with van der Waals surface area (Å²) in [6.45, 7) is 4.13. The van der Waals surface area contributed by atoms with Gasteiger partial charge in [0, 0.05) is 18.8 Å². The Bertz CT molecular complexity index is 652. The topological polar surface area (TPSA) is 21.7 Å². The number of ether oxygens (including phenoxy) is 2. The zero-order chi connectivity index (χ0) is 14.8. The van der Waals surface area contributed by atoms with Crippen LogP contribution >= 0.6 is 0 Å². The average Bonchev–Trinajstić information content (AvgIpc) is 2.53. The molecule has 3 heteroatoms. The molecular weight excluding hydrogens is 262 g/mol. The third kappa shape index (κ3) is 2.68. The van der Waals surface area contributed by atoms with Crippen LogP contribution < -0.4 is 14.4 Å². The van der Waals surface area contributed by atoms with Gasteiger partial charge >= 0.3 is 0 Å². The number of hydrogen-bond acceptors (Lipinski definition) is 3. The highest BCUT2D eigenvalue weighted by Gasteiger charge is 2.18. The Balaban J connectivity index is 1.86. The quantitative estimate of drug-likeness (QED) is 0.859. The number of hydrogen-bond donors (Lipinski definition) is 0. The summed E-state index contributed by atoms with van der Waals surface area (Å²) in [6.07, 6.45) is 1.05. The summed E-state index contributed by atoms with van der Waals surface area (Å²) in [5.74, 6) is 1.86. The average molecular weight is 283 g/mol. The zero-order valence-corrected chi connectivity index (χ0v) is 12.8. The Hall–Kier alpha value is -2.16. The highest BCUT2D eigenvalue weighted by atomic mass is 16.5. The van der Waals surface area contributed by atoms with E-state index in [9.17, 15) is 0 Å². The van der Waals surface area contributed by atoms with Gasteiger partial charge in [0.25, 0.3) is 0 Å². The molecule has 0 amide bonds. The van der Waals surface area contributed by atoms with Gasteiger partial charge in [-0.3, -0.25) is 0 Å². The van der Waals surface area contributed by atoms with Crippen LogP contribution in [0.5, 0.6) is 11.5 Å². The fourth-order valence-electron chi connectivity index (χ4n) is 2.97. The highest BCUT2D eigenvalue weighted by Crippen LogP contribution is 2.30. The first-order chi connectivity index (χ1) is 10.2. The van der Waals surface area contributed by atoms with E-state index in [1.807, 2.05) is 12.1 Å². The summed E-state index contributed by atoms with van der Waals surface area (Å²) in [7, 11) is 3.43.